The molecule has 2 N–H and O–H groups in total. The molecule has 1 aliphatic heterocycles. The summed E-state index contributed by atoms with van der Waals surface area (Å²) in [5.74, 6) is -0.756. The van der Waals surface area contributed by atoms with Crippen LogP contribution in [0, 0.1) is 6.92 Å². The fourth-order valence-electron chi connectivity index (χ4n) is 2.37. The first kappa shape index (κ1) is 13.3. The van der Waals surface area contributed by atoms with Crippen LogP contribution < -0.4 is 5.73 Å². The third-order valence-corrected chi connectivity index (χ3v) is 3.36. The largest absolute Gasteiger partial charge is 0.368 e. The van der Waals surface area contributed by atoms with Gasteiger partial charge in [-0.15, -0.1) is 0 Å². The fourth-order valence-corrected chi connectivity index (χ4v) is 2.37. The van der Waals surface area contributed by atoms with Gasteiger partial charge in [-0.1, -0.05) is 17.7 Å². The zero-order valence-corrected chi connectivity index (χ0v) is 10.8. The van der Waals surface area contributed by atoms with Crippen molar-refractivity contribution < 1.29 is 14.4 Å². The van der Waals surface area contributed by atoms with Gasteiger partial charge in [-0.3, -0.25) is 9.59 Å². The number of hydrogen-bond donors (Lipinski definition) is 1. The number of benzene rings is 1. The predicted molar refractivity (Wildman–Crippen MR) is 69.3 cm³/mol. The zero-order chi connectivity index (χ0) is 14.0. The number of primary amides is 1. The lowest BCUT2D eigenvalue weighted by Crippen LogP contribution is -2.44. The van der Waals surface area contributed by atoms with E-state index >= 15 is 0 Å². The summed E-state index contributed by atoms with van der Waals surface area (Å²) in [6.45, 7) is 2.29. The SMILES string of the molecule is Cc1ccc2c(c1)C(=O)N(C(CCC=O)C(N)=O)C2. The molecule has 1 aliphatic rings. The van der Waals surface area contributed by atoms with Crippen LogP contribution in [0.4, 0.5) is 0 Å². The molecule has 1 heterocycles. The van der Waals surface area contributed by atoms with E-state index < -0.39 is 11.9 Å². The van der Waals surface area contributed by atoms with Gasteiger partial charge in [-0.05, 0) is 25.0 Å². The first-order valence-electron chi connectivity index (χ1n) is 6.18. The van der Waals surface area contributed by atoms with Gasteiger partial charge in [0.1, 0.15) is 12.3 Å². The van der Waals surface area contributed by atoms with Crippen molar-refractivity contribution in [3.63, 3.8) is 0 Å². The Balaban J connectivity index is 2.26. The molecule has 0 radical (unpaired) electrons. The van der Waals surface area contributed by atoms with E-state index in [4.69, 9.17) is 5.73 Å². The molecule has 0 saturated carbocycles. The van der Waals surface area contributed by atoms with Crippen molar-refractivity contribution >= 4 is 18.1 Å². The van der Waals surface area contributed by atoms with Crippen molar-refractivity contribution in [1.29, 1.82) is 0 Å². The molecule has 5 nitrogen and oxygen atoms in total. The van der Waals surface area contributed by atoms with Gasteiger partial charge in [-0.25, -0.2) is 0 Å². The van der Waals surface area contributed by atoms with Crippen LogP contribution in [0.15, 0.2) is 18.2 Å². The minimum absolute atomic E-state index is 0.187. The summed E-state index contributed by atoms with van der Waals surface area (Å²) in [6.07, 6.45) is 1.22. The third-order valence-electron chi connectivity index (χ3n) is 3.36. The number of fused-ring (bicyclic) bond motifs is 1. The van der Waals surface area contributed by atoms with Gasteiger partial charge in [0.2, 0.25) is 5.91 Å². The minimum atomic E-state index is -0.717. The van der Waals surface area contributed by atoms with Gasteiger partial charge in [0.05, 0.1) is 0 Å². The number of aryl methyl sites for hydroxylation is 1. The van der Waals surface area contributed by atoms with Crippen molar-refractivity contribution in [2.24, 2.45) is 5.73 Å². The highest BCUT2D eigenvalue weighted by Gasteiger charge is 2.34. The van der Waals surface area contributed by atoms with Gasteiger partial charge in [0, 0.05) is 18.5 Å². The number of carbonyl (C=O) groups is 3. The molecule has 2 rings (SSSR count). The molecule has 1 unspecified atom stereocenters. The van der Waals surface area contributed by atoms with Gasteiger partial charge in [0.15, 0.2) is 0 Å². The smallest absolute Gasteiger partial charge is 0.255 e. The van der Waals surface area contributed by atoms with Gasteiger partial charge < -0.3 is 15.4 Å². The number of rotatable bonds is 5. The monoisotopic (exact) mass is 260 g/mol. The average Bonchev–Trinajstić information content (AvgIpc) is 2.67. The lowest BCUT2D eigenvalue weighted by molar-refractivity contribution is -0.122. The van der Waals surface area contributed by atoms with Crippen LogP contribution in [0.25, 0.3) is 0 Å². The zero-order valence-electron chi connectivity index (χ0n) is 10.8. The van der Waals surface area contributed by atoms with Crippen LogP contribution in [0.5, 0.6) is 0 Å². The molecule has 0 spiro atoms. The molecule has 2 amide bonds. The van der Waals surface area contributed by atoms with Crippen molar-refractivity contribution in [3.8, 4) is 0 Å². The Hall–Kier alpha value is -2.17. The molecule has 0 aliphatic carbocycles. The van der Waals surface area contributed by atoms with E-state index in [1.54, 1.807) is 0 Å². The van der Waals surface area contributed by atoms with Crippen LogP contribution in [0.1, 0.15) is 34.3 Å². The third kappa shape index (κ3) is 2.50. The summed E-state index contributed by atoms with van der Waals surface area (Å²) in [4.78, 5) is 35.6. The van der Waals surface area contributed by atoms with Gasteiger partial charge >= 0.3 is 0 Å². The molecule has 1 aromatic rings. The molecule has 0 aromatic heterocycles. The molecule has 0 fully saturated rings. The maximum absolute atomic E-state index is 12.3. The summed E-state index contributed by atoms with van der Waals surface area (Å²) < 4.78 is 0. The van der Waals surface area contributed by atoms with Gasteiger partial charge in [-0.2, -0.15) is 0 Å². The summed E-state index contributed by atoms with van der Waals surface area (Å²) in [5, 5.41) is 0. The predicted octanol–water partition coefficient (Wildman–Crippen LogP) is 0.784. The van der Waals surface area contributed by atoms with Crippen LogP contribution in [0.3, 0.4) is 0 Å². The Morgan fingerprint density at radius 3 is 2.89 bits per heavy atom. The molecule has 1 atom stereocenters. The standard InChI is InChI=1S/C14H16N2O3/c1-9-4-5-10-8-16(14(19)11(10)7-9)12(13(15)18)3-2-6-17/h4-7,12H,2-3,8H2,1H3,(H2,15,18). The molecular formula is C14H16N2O3. The topological polar surface area (TPSA) is 80.5 Å². The Morgan fingerprint density at radius 2 is 2.26 bits per heavy atom. The summed E-state index contributed by atoms with van der Waals surface area (Å²) in [5.41, 5.74) is 7.85. The molecule has 0 bridgehead atoms. The lowest BCUT2D eigenvalue weighted by Gasteiger charge is -2.24. The molecule has 5 heteroatoms. The second-order valence-corrected chi connectivity index (χ2v) is 4.76. The molecule has 0 saturated heterocycles. The first-order chi connectivity index (χ1) is 9.04. The lowest BCUT2D eigenvalue weighted by atomic mass is 10.1. The maximum atomic E-state index is 12.3. The summed E-state index contributed by atoms with van der Waals surface area (Å²) in [6, 6.07) is 4.92. The van der Waals surface area contributed by atoms with E-state index in [1.165, 1.54) is 4.90 Å². The van der Waals surface area contributed by atoms with Crippen molar-refractivity contribution in [2.75, 3.05) is 0 Å². The highest BCUT2D eigenvalue weighted by atomic mass is 16.2. The highest BCUT2D eigenvalue weighted by molar-refractivity contribution is 6.01. The number of hydrogen-bond acceptors (Lipinski definition) is 3. The number of nitrogens with two attached hydrogens (primary N) is 1. The number of aldehydes is 1. The van der Waals surface area contributed by atoms with Gasteiger partial charge in [0.25, 0.3) is 5.91 Å². The van der Waals surface area contributed by atoms with Crippen LogP contribution in [-0.4, -0.2) is 29.0 Å². The maximum Gasteiger partial charge on any atom is 0.255 e. The molecule has 1 aromatic carbocycles. The highest BCUT2D eigenvalue weighted by Crippen LogP contribution is 2.26. The normalized spacial score (nSPS) is 15.2. The second-order valence-electron chi connectivity index (χ2n) is 4.76. The van der Waals surface area contributed by atoms with Crippen molar-refractivity contribution in [1.82, 2.24) is 4.90 Å². The summed E-state index contributed by atoms with van der Waals surface area (Å²) in [7, 11) is 0. The van der Waals surface area contributed by atoms with Crippen LogP contribution >= 0.6 is 0 Å². The van der Waals surface area contributed by atoms with E-state index in [9.17, 15) is 14.4 Å². The second kappa shape index (κ2) is 5.22. The van der Waals surface area contributed by atoms with Crippen molar-refractivity contribution in [3.05, 3.63) is 34.9 Å². The van der Waals surface area contributed by atoms with E-state index in [2.05, 4.69) is 0 Å². The summed E-state index contributed by atoms with van der Waals surface area (Å²) >= 11 is 0. The molecular weight excluding hydrogens is 244 g/mol. The Kier molecular flexibility index (Phi) is 3.64. The van der Waals surface area contributed by atoms with E-state index in [0.717, 1.165) is 17.4 Å². The number of nitrogens with zero attached hydrogens (tertiary/aromatic N) is 1. The molecule has 19 heavy (non-hydrogen) atoms. The van der Waals surface area contributed by atoms with Crippen molar-refractivity contribution in [2.45, 2.75) is 32.4 Å². The van der Waals surface area contributed by atoms with Crippen LogP contribution in [-0.2, 0) is 16.1 Å². The molecule has 100 valence electrons. The first-order valence-corrected chi connectivity index (χ1v) is 6.18. The Morgan fingerprint density at radius 1 is 1.53 bits per heavy atom. The van der Waals surface area contributed by atoms with E-state index in [1.807, 2.05) is 25.1 Å². The average molecular weight is 260 g/mol. The quantitative estimate of drug-likeness (QED) is 0.794. The number of amides is 2. The fraction of sp³-hybridized carbons (Fsp3) is 0.357. The Bertz CT molecular complexity index is 539. The number of carbonyl (C=O) groups excluding carboxylic acids is 3. The van der Waals surface area contributed by atoms with E-state index in [0.29, 0.717) is 12.1 Å². The Labute approximate surface area is 111 Å². The minimum Gasteiger partial charge on any atom is -0.368 e. The van der Waals surface area contributed by atoms with E-state index in [-0.39, 0.29) is 18.7 Å². The van der Waals surface area contributed by atoms with Crippen LogP contribution in [0.2, 0.25) is 0 Å².